The maximum Gasteiger partial charge on any atom is 0.137 e. The summed E-state index contributed by atoms with van der Waals surface area (Å²) in [5.41, 5.74) is 5.50. The lowest BCUT2D eigenvalue weighted by Gasteiger charge is -2.21. The number of aromatic amines is 1. The molecule has 0 amide bonds. The lowest BCUT2D eigenvalue weighted by molar-refractivity contribution is 0.151. The summed E-state index contributed by atoms with van der Waals surface area (Å²) in [6.07, 6.45) is 13.9. The number of nitrogens with zero attached hydrogens (tertiary/aromatic N) is 2. The first kappa shape index (κ1) is 18.6. The predicted molar refractivity (Wildman–Crippen MR) is 113 cm³/mol. The molecule has 1 aliphatic heterocycles. The molecule has 2 fully saturated rings. The van der Waals surface area contributed by atoms with Gasteiger partial charge in [0.15, 0.2) is 0 Å². The van der Waals surface area contributed by atoms with Crippen LogP contribution in [0.5, 0.6) is 0 Å². The van der Waals surface area contributed by atoms with Crippen LogP contribution in [-0.2, 0) is 4.74 Å². The number of H-pyrrole nitrogens is 1. The molecule has 0 radical (unpaired) electrons. The van der Waals surface area contributed by atoms with Crippen molar-refractivity contribution in [1.29, 1.82) is 0 Å². The molecule has 146 valence electrons. The van der Waals surface area contributed by atoms with Crippen LogP contribution in [0.2, 0.25) is 0 Å². The van der Waals surface area contributed by atoms with E-state index in [4.69, 9.17) is 4.74 Å². The van der Waals surface area contributed by atoms with Crippen molar-refractivity contribution in [3.63, 3.8) is 0 Å². The standard InChI is InChI=1S/C16H17N3S.C5H11NO.H2/c1-2-4-11(5-3-1)12-6-13-14(15-9-17-10-20-15)8-19-16(13)18-7-12;1-2-6-3-5-7-4-1;/h6-11H,1-5H2,(H,18,19);6H,1-5H2;1H. The van der Waals surface area contributed by atoms with Crippen LogP contribution in [0.1, 0.15) is 51.4 Å². The maximum atomic E-state index is 5.13. The molecule has 2 N–H and O–H groups in total. The number of hydrogen-bond donors (Lipinski definition) is 2. The second-order valence-corrected chi connectivity index (χ2v) is 8.17. The minimum Gasteiger partial charge on any atom is -0.380 e. The van der Waals surface area contributed by atoms with E-state index in [1.165, 1.54) is 59.9 Å². The largest absolute Gasteiger partial charge is 0.380 e. The third-order valence-corrected chi connectivity index (χ3v) is 6.20. The second-order valence-electron chi connectivity index (χ2n) is 7.28. The van der Waals surface area contributed by atoms with Gasteiger partial charge in [-0.2, -0.15) is 0 Å². The predicted octanol–water partition coefficient (Wildman–Crippen LogP) is 4.98. The van der Waals surface area contributed by atoms with Crippen LogP contribution >= 0.6 is 11.3 Å². The molecule has 6 heteroatoms. The van der Waals surface area contributed by atoms with Crippen molar-refractivity contribution < 1.29 is 6.16 Å². The summed E-state index contributed by atoms with van der Waals surface area (Å²) >= 11 is 1.68. The van der Waals surface area contributed by atoms with Gasteiger partial charge in [-0.3, -0.25) is 4.98 Å². The molecule has 2 aliphatic rings. The fourth-order valence-corrected chi connectivity index (χ4v) is 4.55. The molecule has 1 saturated heterocycles. The highest BCUT2D eigenvalue weighted by Crippen LogP contribution is 2.36. The van der Waals surface area contributed by atoms with Crippen molar-refractivity contribution in [3.8, 4) is 10.4 Å². The first-order chi connectivity index (χ1) is 13.4. The minimum absolute atomic E-state index is 0. The monoisotopic (exact) mass is 386 g/mol. The number of ether oxygens (including phenoxy) is 1. The van der Waals surface area contributed by atoms with Crippen LogP contribution in [-0.4, -0.2) is 41.3 Å². The molecule has 1 saturated carbocycles. The zero-order chi connectivity index (χ0) is 18.3. The summed E-state index contributed by atoms with van der Waals surface area (Å²) in [5.74, 6) is 0.699. The molecule has 27 heavy (non-hydrogen) atoms. The Morgan fingerprint density at radius 2 is 2.00 bits per heavy atom. The molecule has 0 atom stereocenters. The van der Waals surface area contributed by atoms with Crippen LogP contribution in [0.25, 0.3) is 21.5 Å². The number of rotatable bonds is 2. The second kappa shape index (κ2) is 9.44. The molecule has 0 aromatic carbocycles. The Labute approximate surface area is 166 Å². The molecular weight excluding hydrogens is 356 g/mol. The maximum absolute atomic E-state index is 5.13. The van der Waals surface area contributed by atoms with Gasteiger partial charge in [-0.15, -0.1) is 11.3 Å². The van der Waals surface area contributed by atoms with Crippen molar-refractivity contribution in [2.24, 2.45) is 0 Å². The van der Waals surface area contributed by atoms with Crippen LogP contribution in [0.15, 0.2) is 30.2 Å². The highest BCUT2D eigenvalue weighted by molar-refractivity contribution is 7.13. The lowest BCUT2D eigenvalue weighted by Crippen LogP contribution is -2.15. The Balaban J connectivity index is 0.000000241. The van der Waals surface area contributed by atoms with Crippen LogP contribution in [0, 0.1) is 0 Å². The van der Waals surface area contributed by atoms with E-state index in [0.717, 1.165) is 32.0 Å². The van der Waals surface area contributed by atoms with E-state index < -0.39 is 0 Å². The molecule has 4 heterocycles. The molecule has 5 rings (SSSR count). The number of nitrogens with one attached hydrogen (secondary N) is 2. The zero-order valence-electron chi connectivity index (χ0n) is 15.7. The Hall–Kier alpha value is -1.76. The van der Waals surface area contributed by atoms with Gasteiger partial charge in [-0.1, -0.05) is 19.3 Å². The highest BCUT2D eigenvalue weighted by Gasteiger charge is 2.17. The average Bonchev–Trinajstić information content (AvgIpc) is 3.30. The zero-order valence-corrected chi connectivity index (χ0v) is 16.6. The molecule has 1 aliphatic carbocycles. The van der Waals surface area contributed by atoms with Crippen molar-refractivity contribution in [2.45, 2.75) is 44.4 Å². The Morgan fingerprint density at radius 3 is 2.85 bits per heavy atom. The van der Waals surface area contributed by atoms with Gasteiger partial charge in [0.25, 0.3) is 0 Å². The van der Waals surface area contributed by atoms with Gasteiger partial charge >= 0.3 is 0 Å². The van der Waals surface area contributed by atoms with Crippen molar-refractivity contribution in [3.05, 3.63) is 35.7 Å². The first-order valence-corrected chi connectivity index (χ1v) is 10.9. The summed E-state index contributed by atoms with van der Waals surface area (Å²) in [7, 11) is 0. The Morgan fingerprint density at radius 1 is 1.07 bits per heavy atom. The van der Waals surface area contributed by atoms with Gasteiger partial charge in [0.1, 0.15) is 5.65 Å². The molecule has 0 bridgehead atoms. The van der Waals surface area contributed by atoms with E-state index in [0.29, 0.717) is 5.92 Å². The van der Waals surface area contributed by atoms with E-state index in [1.807, 2.05) is 11.7 Å². The van der Waals surface area contributed by atoms with E-state index in [-0.39, 0.29) is 1.43 Å². The third kappa shape index (κ3) is 4.75. The van der Waals surface area contributed by atoms with Crippen LogP contribution in [0.4, 0.5) is 0 Å². The third-order valence-electron chi connectivity index (χ3n) is 5.39. The van der Waals surface area contributed by atoms with Gasteiger partial charge in [-0.25, -0.2) is 4.98 Å². The van der Waals surface area contributed by atoms with E-state index >= 15 is 0 Å². The quantitative estimate of drug-likeness (QED) is 0.652. The van der Waals surface area contributed by atoms with Crippen molar-refractivity contribution in [2.75, 3.05) is 26.3 Å². The van der Waals surface area contributed by atoms with Crippen molar-refractivity contribution in [1.82, 2.24) is 20.3 Å². The summed E-state index contributed by atoms with van der Waals surface area (Å²) in [6.45, 7) is 3.98. The van der Waals surface area contributed by atoms with Gasteiger partial charge in [-0.05, 0) is 43.4 Å². The SMILES string of the molecule is C1CNCCOC1.[HH].c1ncc(-c2c[nH]c3ncc(C4CCCCC4)cc23)s1. The van der Waals surface area contributed by atoms with E-state index in [9.17, 15) is 0 Å². The normalized spacial score (nSPS) is 18.7. The molecule has 0 spiro atoms. The smallest absolute Gasteiger partial charge is 0.137 e. The fourth-order valence-electron chi connectivity index (χ4n) is 3.90. The lowest BCUT2D eigenvalue weighted by atomic mass is 9.84. The van der Waals surface area contributed by atoms with E-state index in [2.05, 4.69) is 38.7 Å². The molecule has 3 aromatic rings. The van der Waals surface area contributed by atoms with Crippen LogP contribution in [0.3, 0.4) is 0 Å². The number of hydrogen-bond acceptors (Lipinski definition) is 5. The summed E-state index contributed by atoms with van der Waals surface area (Å²) < 4.78 is 5.13. The highest BCUT2D eigenvalue weighted by atomic mass is 32.1. The van der Waals surface area contributed by atoms with Gasteiger partial charge < -0.3 is 15.0 Å². The number of thiazole rings is 1. The summed E-state index contributed by atoms with van der Waals surface area (Å²) in [4.78, 5) is 13.3. The van der Waals surface area contributed by atoms with Gasteiger partial charge in [0.2, 0.25) is 0 Å². The first-order valence-electron chi connectivity index (χ1n) is 10.1. The molecular formula is C21H30N4OS. The molecule has 3 aromatic heterocycles. The van der Waals surface area contributed by atoms with Gasteiger partial charge in [0, 0.05) is 44.1 Å². The number of fused-ring (bicyclic) bond motifs is 1. The van der Waals surface area contributed by atoms with Gasteiger partial charge in [0.05, 0.1) is 17.0 Å². The Kier molecular flexibility index (Phi) is 6.50. The topological polar surface area (TPSA) is 62.8 Å². The van der Waals surface area contributed by atoms with Crippen LogP contribution < -0.4 is 5.32 Å². The average molecular weight is 387 g/mol. The minimum atomic E-state index is 0. The number of pyridine rings is 1. The summed E-state index contributed by atoms with van der Waals surface area (Å²) in [6, 6.07) is 2.34. The molecule has 0 unspecified atom stereocenters. The van der Waals surface area contributed by atoms with E-state index in [1.54, 1.807) is 11.3 Å². The Bertz CT molecular complexity index is 811. The fraction of sp³-hybridized carbons (Fsp3) is 0.524. The number of aromatic nitrogens is 3. The van der Waals surface area contributed by atoms with Crippen molar-refractivity contribution >= 4 is 22.4 Å². The molecule has 5 nitrogen and oxygen atoms in total. The summed E-state index contributed by atoms with van der Waals surface area (Å²) in [5, 5.41) is 4.46.